The standard InChI is InChI=1S/C7H8BS/c1-9-7-4-2-6(8)3-5-7/h2-5,8H,1H3. The highest BCUT2D eigenvalue weighted by molar-refractivity contribution is 7.98. The minimum Gasteiger partial charge on any atom is -0.130 e. The third-order valence-electron chi connectivity index (χ3n) is 1.16. The van der Waals surface area contributed by atoms with Crippen LogP contribution in [0.5, 0.6) is 0 Å². The van der Waals surface area contributed by atoms with Crippen LogP contribution in [0.3, 0.4) is 0 Å². The fourth-order valence-corrected chi connectivity index (χ4v) is 1.03. The molecule has 0 amide bonds. The van der Waals surface area contributed by atoms with Gasteiger partial charge in [0.2, 0.25) is 0 Å². The SMILES string of the molecule is [BH]c1ccc(SC)cc1. The molecular weight excluding hydrogens is 127 g/mol. The van der Waals surface area contributed by atoms with Gasteiger partial charge in [0.1, 0.15) is 7.85 Å². The fourth-order valence-electron chi connectivity index (χ4n) is 0.626. The van der Waals surface area contributed by atoms with E-state index in [2.05, 4.69) is 26.2 Å². The predicted octanol–water partition coefficient (Wildman–Crippen LogP) is 0.935. The molecule has 2 heteroatoms. The number of benzene rings is 1. The van der Waals surface area contributed by atoms with E-state index in [1.165, 1.54) is 4.90 Å². The topological polar surface area (TPSA) is 0 Å². The first-order valence-corrected chi connectivity index (χ1v) is 4.01. The van der Waals surface area contributed by atoms with Crippen LogP contribution < -0.4 is 5.46 Å². The molecule has 1 rings (SSSR count). The fraction of sp³-hybridized carbons (Fsp3) is 0.143. The molecule has 0 atom stereocenters. The molecule has 1 radical (unpaired) electrons. The molecule has 0 aliphatic heterocycles. The molecule has 0 nitrogen and oxygen atoms in total. The van der Waals surface area contributed by atoms with E-state index in [-0.39, 0.29) is 0 Å². The minimum atomic E-state index is 1.08. The van der Waals surface area contributed by atoms with Gasteiger partial charge >= 0.3 is 0 Å². The van der Waals surface area contributed by atoms with Crippen LogP contribution in [0.15, 0.2) is 29.2 Å². The Balaban J connectivity index is 2.88. The van der Waals surface area contributed by atoms with E-state index >= 15 is 0 Å². The maximum atomic E-state index is 3.79. The molecule has 0 bridgehead atoms. The molecule has 0 unspecified atom stereocenters. The van der Waals surface area contributed by atoms with Gasteiger partial charge in [-0.05, 0) is 18.4 Å². The van der Waals surface area contributed by atoms with Gasteiger partial charge < -0.3 is 0 Å². The highest BCUT2D eigenvalue weighted by Crippen LogP contribution is 2.10. The van der Waals surface area contributed by atoms with Crippen molar-refractivity contribution in [3.63, 3.8) is 0 Å². The molecule has 0 aliphatic rings. The maximum absolute atomic E-state index is 3.79. The van der Waals surface area contributed by atoms with Gasteiger partial charge in [0.25, 0.3) is 0 Å². The van der Waals surface area contributed by atoms with Gasteiger partial charge in [0.15, 0.2) is 0 Å². The molecule has 1 aromatic rings. The van der Waals surface area contributed by atoms with Crippen LogP contribution in [0.4, 0.5) is 0 Å². The summed E-state index contributed by atoms with van der Waals surface area (Å²) in [7, 11) is 3.79. The molecule has 0 fully saturated rings. The zero-order valence-corrected chi connectivity index (χ0v) is 6.24. The van der Waals surface area contributed by atoms with E-state index in [1.807, 2.05) is 12.1 Å². The number of rotatable bonds is 1. The molecule has 1 aromatic carbocycles. The zero-order valence-electron chi connectivity index (χ0n) is 5.42. The van der Waals surface area contributed by atoms with E-state index in [9.17, 15) is 0 Å². The largest absolute Gasteiger partial charge is 0.130 e. The Hall–Kier alpha value is -0.365. The lowest BCUT2D eigenvalue weighted by Gasteiger charge is -1.94. The summed E-state index contributed by atoms with van der Waals surface area (Å²) in [5, 5.41) is 0. The normalized spacial score (nSPS) is 9.44. The van der Waals surface area contributed by atoms with E-state index in [1.54, 1.807) is 11.8 Å². The van der Waals surface area contributed by atoms with Crippen molar-refractivity contribution in [1.82, 2.24) is 0 Å². The van der Waals surface area contributed by atoms with Crippen LogP contribution in [-0.4, -0.2) is 14.1 Å². The van der Waals surface area contributed by atoms with Crippen LogP contribution in [0.2, 0.25) is 0 Å². The van der Waals surface area contributed by atoms with Crippen LogP contribution in [0, 0.1) is 0 Å². The number of hydrogen-bond donors (Lipinski definition) is 0. The van der Waals surface area contributed by atoms with E-state index in [4.69, 9.17) is 0 Å². The summed E-state index contributed by atoms with van der Waals surface area (Å²) in [6.45, 7) is 0. The predicted molar refractivity (Wildman–Crippen MR) is 45.0 cm³/mol. The van der Waals surface area contributed by atoms with Crippen molar-refractivity contribution in [2.24, 2.45) is 0 Å². The Labute approximate surface area is 61.1 Å². The molecule has 0 spiro atoms. The van der Waals surface area contributed by atoms with Gasteiger partial charge in [0, 0.05) is 4.90 Å². The number of hydrogen-bond acceptors (Lipinski definition) is 1. The van der Waals surface area contributed by atoms with Crippen LogP contribution in [0.1, 0.15) is 0 Å². The molecule has 0 saturated heterocycles. The summed E-state index contributed by atoms with van der Waals surface area (Å²) in [6, 6.07) is 8.19. The number of thioether (sulfide) groups is 1. The first-order chi connectivity index (χ1) is 4.33. The Kier molecular flexibility index (Phi) is 2.23. The first kappa shape index (κ1) is 6.75. The monoisotopic (exact) mass is 135 g/mol. The van der Waals surface area contributed by atoms with Crippen molar-refractivity contribution < 1.29 is 0 Å². The highest BCUT2D eigenvalue weighted by atomic mass is 32.2. The second-order valence-electron chi connectivity index (χ2n) is 1.85. The summed E-state index contributed by atoms with van der Waals surface area (Å²) >= 11 is 1.75. The van der Waals surface area contributed by atoms with Crippen molar-refractivity contribution in [3.05, 3.63) is 24.3 Å². The van der Waals surface area contributed by atoms with E-state index in [0.717, 1.165) is 5.46 Å². The summed E-state index contributed by atoms with van der Waals surface area (Å²) in [5.74, 6) is 0. The second-order valence-corrected chi connectivity index (χ2v) is 2.73. The molecule has 0 N–H and O–H groups in total. The zero-order chi connectivity index (χ0) is 6.69. The second kappa shape index (κ2) is 2.97. The molecule has 45 valence electrons. The van der Waals surface area contributed by atoms with Crippen molar-refractivity contribution >= 4 is 25.1 Å². The molecule has 0 saturated carbocycles. The molecule has 9 heavy (non-hydrogen) atoms. The highest BCUT2D eigenvalue weighted by Gasteiger charge is 1.85. The minimum absolute atomic E-state index is 1.08. The molecular formula is C7H8BS. The Morgan fingerprint density at radius 3 is 2.22 bits per heavy atom. The summed E-state index contributed by atoms with van der Waals surface area (Å²) < 4.78 is 0. The van der Waals surface area contributed by atoms with Crippen molar-refractivity contribution in [2.45, 2.75) is 4.90 Å². The average Bonchev–Trinajstić information content (AvgIpc) is 1.90. The molecule has 0 aliphatic carbocycles. The third-order valence-corrected chi connectivity index (χ3v) is 1.90. The van der Waals surface area contributed by atoms with Crippen molar-refractivity contribution in [1.29, 1.82) is 0 Å². The van der Waals surface area contributed by atoms with Gasteiger partial charge in [-0.3, -0.25) is 0 Å². The summed E-state index contributed by atoms with van der Waals surface area (Å²) in [5.41, 5.74) is 1.08. The van der Waals surface area contributed by atoms with Crippen LogP contribution >= 0.6 is 11.8 Å². The van der Waals surface area contributed by atoms with Gasteiger partial charge in [-0.2, -0.15) is 0 Å². The van der Waals surface area contributed by atoms with Gasteiger partial charge in [-0.25, -0.2) is 0 Å². The quantitative estimate of drug-likeness (QED) is 0.407. The smallest absolute Gasteiger partial charge is 0.129 e. The van der Waals surface area contributed by atoms with Crippen LogP contribution in [0.25, 0.3) is 0 Å². The third kappa shape index (κ3) is 1.79. The Morgan fingerprint density at radius 1 is 1.22 bits per heavy atom. The van der Waals surface area contributed by atoms with Gasteiger partial charge in [-0.1, -0.05) is 17.6 Å². The van der Waals surface area contributed by atoms with E-state index < -0.39 is 0 Å². The van der Waals surface area contributed by atoms with Gasteiger partial charge in [0.05, 0.1) is 0 Å². The Morgan fingerprint density at radius 2 is 1.78 bits per heavy atom. The van der Waals surface area contributed by atoms with Crippen molar-refractivity contribution in [2.75, 3.05) is 6.26 Å². The first-order valence-electron chi connectivity index (χ1n) is 2.79. The van der Waals surface area contributed by atoms with Crippen LogP contribution in [-0.2, 0) is 0 Å². The molecule has 0 aromatic heterocycles. The average molecular weight is 135 g/mol. The van der Waals surface area contributed by atoms with Gasteiger partial charge in [-0.15, -0.1) is 11.8 Å². The maximum Gasteiger partial charge on any atom is 0.129 e. The van der Waals surface area contributed by atoms with Crippen molar-refractivity contribution in [3.8, 4) is 0 Å². The molecule has 0 heterocycles. The lowest BCUT2D eigenvalue weighted by molar-refractivity contribution is 1.49. The summed E-state index contributed by atoms with van der Waals surface area (Å²) in [4.78, 5) is 1.29. The summed E-state index contributed by atoms with van der Waals surface area (Å²) in [6.07, 6.45) is 2.07. The Bertz CT molecular complexity index is 181. The lowest BCUT2D eigenvalue weighted by Crippen LogP contribution is -1.98. The van der Waals surface area contributed by atoms with E-state index in [0.29, 0.717) is 0 Å². The lowest BCUT2D eigenvalue weighted by atomic mass is 9.97.